The summed E-state index contributed by atoms with van der Waals surface area (Å²) in [5, 5.41) is 9.06. The zero-order valence-electron chi connectivity index (χ0n) is 12.6. The van der Waals surface area contributed by atoms with Crippen LogP contribution in [0.4, 0.5) is 0 Å². The Labute approximate surface area is 116 Å². The van der Waals surface area contributed by atoms with Crippen LogP contribution in [0.15, 0.2) is 0 Å². The highest BCUT2D eigenvalue weighted by molar-refractivity contribution is 5.72. The highest BCUT2D eigenvalue weighted by Gasteiger charge is 2.32. The average molecular weight is 272 g/mol. The van der Waals surface area contributed by atoms with Crippen molar-refractivity contribution in [1.29, 1.82) is 0 Å². The molecule has 0 aromatic heterocycles. The van der Waals surface area contributed by atoms with E-state index in [1.165, 1.54) is 12.8 Å². The first kappa shape index (κ1) is 16.4. The fraction of sp³-hybridized carbons (Fsp3) is 0.933. The van der Waals surface area contributed by atoms with Crippen LogP contribution in [-0.2, 0) is 14.3 Å². The minimum atomic E-state index is -0.938. The molecule has 4 atom stereocenters. The van der Waals surface area contributed by atoms with Crippen molar-refractivity contribution in [2.45, 2.75) is 59.2 Å². The van der Waals surface area contributed by atoms with Gasteiger partial charge in [0.25, 0.3) is 0 Å². The van der Waals surface area contributed by atoms with Crippen LogP contribution < -0.4 is 0 Å². The van der Waals surface area contributed by atoms with Gasteiger partial charge in [0, 0.05) is 6.61 Å². The van der Waals surface area contributed by atoms with E-state index in [-0.39, 0.29) is 12.7 Å². The monoisotopic (exact) mass is 272 g/mol. The minimum Gasteiger partial charge on any atom is -0.479 e. The van der Waals surface area contributed by atoms with Crippen molar-refractivity contribution < 1.29 is 19.4 Å². The molecule has 0 aromatic rings. The number of aliphatic carboxylic acids is 1. The second-order valence-corrected chi connectivity index (χ2v) is 5.98. The molecule has 4 unspecified atom stereocenters. The molecular weight excluding hydrogens is 244 g/mol. The normalized spacial score (nSPS) is 29.4. The maximum Gasteiger partial charge on any atom is 0.335 e. The quantitative estimate of drug-likeness (QED) is 0.774. The van der Waals surface area contributed by atoms with Crippen LogP contribution in [0, 0.1) is 17.8 Å². The van der Waals surface area contributed by atoms with E-state index >= 15 is 0 Å². The molecule has 1 aliphatic rings. The standard InChI is InChI=1S/C15H28O4/c1-5-18-14(15(16)17)9-19-13-8-11(4)6-7-12(13)10(2)3/h10-14H,5-9H2,1-4H3,(H,16,17). The number of carboxylic acid groups (broad SMARTS) is 1. The van der Waals surface area contributed by atoms with Gasteiger partial charge in [0.05, 0.1) is 12.7 Å². The molecule has 0 radical (unpaired) electrons. The van der Waals surface area contributed by atoms with E-state index in [1.807, 2.05) is 0 Å². The van der Waals surface area contributed by atoms with E-state index in [4.69, 9.17) is 14.6 Å². The lowest BCUT2D eigenvalue weighted by atomic mass is 9.75. The third-order valence-corrected chi connectivity index (χ3v) is 4.07. The van der Waals surface area contributed by atoms with Gasteiger partial charge in [0.2, 0.25) is 0 Å². The van der Waals surface area contributed by atoms with Gasteiger partial charge in [-0.25, -0.2) is 4.79 Å². The van der Waals surface area contributed by atoms with Crippen LogP contribution in [0.3, 0.4) is 0 Å². The summed E-state index contributed by atoms with van der Waals surface area (Å²) >= 11 is 0. The molecule has 0 aromatic carbocycles. The average Bonchev–Trinajstić information content (AvgIpc) is 2.33. The van der Waals surface area contributed by atoms with Gasteiger partial charge in [-0.15, -0.1) is 0 Å². The van der Waals surface area contributed by atoms with Gasteiger partial charge in [-0.3, -0.25) is 0 Å². The summed E-state index contributed by atoms with van der Waals surface area (Å²) in [7, 11) is 0. The van der Waals surface area contributed by atoms with Gasteiger partial charge in [-0.1, -0.05) is 27.2 Å². The topological polar surface area (TPSA) is 55.8 Å². The van der Waals surface area contributed by atoms with E-state index in [2.05, 4.69) is 20.8 Å². The first-order chi connectivity index (χ1) is 8.95. The van der Waals surface area contributed by atoms with Crippen molar-refractivity contribution in [2.75, 3.05) is 13.2 Å². The van der Waals surface area contributed by atoms with E-state index in [1.54, 1.807) is 6.92 Å². The summed E-state index contributed by atoms with van der Waals surface area (Å²) in [5.74, 6) is 0.835. The summed E-state index contributed by atoms with van der Waals surface area (Å²) < 4.78 is 11.1. The summed E-state index contributed by atoms with van der Waals surface area (Å²) in [6, 6.07) is 0. The lowest BCUT2D eigenvalue weighted by Gasteiger charge is -2.37. The molecule has 0 amide bonds. The third kappa shape index (κ3) is 5.11. The Balaban J connectivity index is 2.53. The zero-order chi connectivity index (χ0) is 14.4. The van der Waals surface area contributed by atoms with Crippen molar-refractivity contribution in [3.05, 3.63) is 0 Å². The molecule has 1 rings (SSSR count). The molecule has 1 aliphatic carbocycles. The number of hydrogen-bond donors (Lipinski definition) is 1. The molecule has 1 saturated carbocycles. The summed E-state index contributed by atoms with van der Waals surface area (Å²) in [6.45, 7) is 9.03. The van der Waals surface area contributed by atoms with Crippen LogP contribution in [0.5, 0.6) is 0 Å². The van der Waals surface area contributed by atoms with Gasteiger partial charge in [0.1, 0.15) is 0 Å². The number of ether oxygens (including phenoxy) is 2. The number of rotatable bonds is 7. The Morgan fingerprint density at radius 3 is 2.58 bits per heavy atom. The first-order valence-corrected chi connectivity index (χ1v) is 7.41. The third-order valence-electron chi connectivity index (χ3n) is 4.07. The molecule has 0 aliphatic heterocycles. The molecule has 0 spiro atoms. The van der Waals surface area contributed by atoms with Gasteiger partial charge in [-0.05, 0) is 37.5 Å². The molecule has 0 heterocycles. The van der Waals surface area contributed by atoms with Crippen LogP contribution in [0.1, 0.15) is 47.0 Å². The van der Waals surface area contributed by atoms with Crippen molar-refractivity contribution in [3.63, 3.8) is 0 Å². The molecule has 4 heteroatoms. The van der Waals surface area contributed by atoms with Crippen LogP contribution in [0.25, 0.3) is 0 Å². The maximum atomic E-state index is 11.0. The molecule has 1 fully saturated rings. The minimum absolute atomic E-state index is 0.157. The molecule has 4 nitrogen and oxygen atoms in total. The number of carboxylic acids is 1. The predicted octanol–water partition coefficient (Wildman–Crippen LogP) is 2.95. The highest BCUT2D eigenvalue weighted by Crippen LogP contribution is 2.35. The summed E-state index contributed by atoms with van der Waals surface area (Å²) in [5.41, 5.74) is 0. The number of carbonyl (C=O) groups is 1. The second-order valence-electron chi connectivity index (χ2n) is 5.98. The Hall–Kier alpha value is -0.610. The number of hydrogen-bond acceptors (Lipinski definition) is 3. The van der Waals surface area contributed by atoms with Gasteiger partial charge in [0.15, 0.2) is 6.10 Å². The Bertz CT molecular complexity index is 277. The van der Waals surface area contributed by atoms with Crippen LogP contribution in [0.2, 0.25) is 0 Å². The molecule has 112 valence electrons. The molecule has 19 heavy (non-hydrogen) atoms. The maximum absolute atomic E-state index is 11.0. The van der Waals surface area contributed by atoms with Gasteiger partial charge < -0.3 is 14.6 Å². The lowest BCUT2D eigenvalue weighted by Crippen LogP contribution is -2.38. The van der Waals surface area contributed by atoms with Crippen molar-refractivity contribution in [2.24, 2.45) is 17.8 Å². The van der Waals surface area contributed by atoms with Gasteiger partial charge in [-0.2, -0.15) is 0 Å². The first-order valence-electron chi connectivity index (χ1n) is 7.41. The second kappa shape index (κ2) is 7.85. The summed E-state index contributed by atoms with van der Waals surface area (Å²) in [6.07, 6.45) is 2.79. The Kier molecular flexibility index (Phi) is 6.80. The smallest absolute Gasteiger partial charge is 0.335 e. The van der Waals surface area contributed by atoms with Crippen molar-refractivity contribution in [1.82, 2.24) is 0 Å². The van der Waals surface area contributed by atoms with E-state index in [0.29, 0.717) is 24.4 Å². The lowest BCUT2D eigenvalue weighted by molar-refractivity contribution is -0.158. The Morgan fingerprint density at radius 1 is 1.37 bits per heavy atom. The largest absolute Gasteiger partial charge is 0.479 e. The van der Waals surface area contributed by atoms with Crippen LogP contribution >= 0.6 is 0 Å². The highest BCUT2D eigenvalue weighted by atomic mass is 16.6. The zero-order valence-corrected chi connectivity index (χ0v) is 12.6. The Morgan fingerprint density at radius 2 is 2.05 bits per heavy atom. The molecular formula is C15H28O4. The fourth-order valence-corrected chi connectivity index (χ4v) is 2.91. The van der Waals surface area contributed by atoms with Gasteiger partial charge >= 0.3 is 5.97 Å². The summed E-state index contributed by atoms with van der Waals surface area (Å²) in [4.78, 5) is 11.0. The molecule has 0 bridgehead atoms. The van der Waals surface area contributed by atoms with Crippen molar-refractivity contribution >= 4 is 5.97 Å². The van der Waals surface area contributed by atoms with E-state index in [0.717, 1.165) is 6.42 Å². The van der Waals surface area contributed by atoms with Crippen molar-refractivity contribution in [3.8, 4) is 0 Å². The van der Waals surface area contributed by atoms with E-state index < -0.39 is 12.1 Å². The fourth-order valence-electron chi connectivity index (χ4n) is 2.91. The SMILES string of the molecule is CCOC(COC1CC(C)CCC1C(C)C)C(=O)O. The molecule has 0 saturated heterocycles. The molecule has 1 N–H and O–H groups in total. The van der Waals surface area contributed by atoms with Crippen LogP contribution in [-0.4, -0.2) is 36.5 Å². The predicted molar refractivity (Wildman–Crippen MR) is 74.1 cm³/mol. The van der Waals surface area contributed by atoms with E-state index in [9.17, 15) is 4.79 Å².